The van der Waals surface area contributed by atoms with Crippen molar-refractivity contribution in [2.45, 2.75) is 57.7 Å². The number of ether oxygens (including phenoxy) is 2. The van der Waals surface area contributed by atoms with Crippen LogP contribution in [0.5, 0.6) is 5.75 Å². The first-order valence-electron chi connectivity index (χ1n) is 13.0. The predicted molar refractivity (Wildman–Crippen MR) is 137 cm³/mol. The van der Waals surface area contributed by atoms with Crippen molar-refractivity contribution in [3.8, 4) is 5.75 Å². The Balaban J connectivity index is 1.60. The Kier molecular flexibility index (Phi) is 10.8. The van der Waals surface area contributed by atoms with E-state index < -0.39 is 29.8 Å². The van der Waals surface area contributed by atoms with Gasteiger partial charge >= 0.3 is 18.2 Å². The molecule has 1 fully saturated rings. The molecule has 1 aliphatic carbocycles. The number of para-hydroxylation sites is 1. The van der Waals surface area contributed by atoms with E-state index in [1.54, 1.807) is 31.2 Å². The summed E-state index contributed by atoms with van der Waals surface area (Å²) in [7, 11) is 0. The highest BCUT2D eigenvalue weighted by atomic mass is 19.4. The molecule has 0 spiro atoms. The van der Waals surface area contributed by atoms with Gasteiger partial charge in [0.05, 0.1) is 17.8 Å². The number of nitrogens with one attached hydrogen (secondary N) is 1. The summed E-state index contributed by atoms with van der Waals surface area (Å²) in [4.78, 5) is 25.8. The molecule has 2 aromatic carbocycles. The molecule has 0 aliphatic heterocycles. The minimum Gasteiger partial charge on any atom is -0.492 e. The summed E-state index contributed by atoms with van der Waals surface area (Å²) in [6.45, 7) is 2.79. The predicted octanol–water partition coefficient (Wildman–Crippen LogP) is 6.23. The first-order chi connectivity index (χ1) is 18.2. The minimum absolute atomic E-state index is 0.148. The molecule has 2 N–H and O–H groups in total. The van der Waals surface area contributed by atoms with Gasteiger partial charge in [-0.05, 0) is 49.1 Å². The molecular formula is C28H35F3N2O5. The Labute approximate surface area is 220 Å². The monoisotopic (exact) mass is 536 g/mol. The number of amides is 2. The third-order valence-corrected chi connectivity index (χ3v) is 6.66. The Bertz CT molecular complexity index is 1040. The largest absolute Gasteiger partial charge is 0.492 e. The van der Waals surface area contributed by atoms with Gasteiger partial charge in [-0.15, -0.1) is 0 Å². The molecular weight excluding hydrogens is 501 g/mol. The maximum Gasteiger partial charge on any atom is 0.418 e. The van der Waals surface area contributed by atoms with Crippen LogP contribution in [0.15, 0.2) is 48.5 Å². The van der Waals surface area contributed by atoms with Gasteiger partial charge in [-0.1, -0.05) is 49.9 Å². The number of rotatable bonds is 13. The molecule has 0 heterocycles. The number of halogens is 3. The van der Waals surface area contributed by atoms with Crippen molar-refractivity contribution in [3.05, 3.63) is 59.7 Å². The Hall–Kier alpha value is -3.27. The van der Waals surface area contributed by atoms with Crippen LogP contribution in [0.2, 0.25) is 0 Å². The molecule has 38 heavy (non-hydrogen) atoms. The number of hydrogen-bond acceptors (Lipinski definition) is 4. The van der Waals surface area contributed by atoms with Gasteiger partial charge in [-0.3, -0.25) is 0 Å². The Morgan fingerprint density at radius 2 is 1.76 bits per heavy atom. The Morgan fingerprint density at radius 1 is 1.08 bits per heavy atom. The molecule has 0 aromatic heterocycles. The van der Waals surface area contributed by atoms with E-state index in [-0.39, 0.29) is 25.3 Å². The van der Waals surface area contributed by atoms with Crippen molar-refractivity contribution < 1.29 is 37.3 Å². The summed E-state index contributed by atoms with van der Waals surface area (Å²) >= 11 is 0. The van der Waals surface area contributed by atoms with E-state index in [9.17, 15) is 27.9 Å². The highest BCUT2D eigenvalue weighted by molar-refractivity contribution is 5.90. The lowest BCUT2D eigenvalue weighted by molar-refractivity contribution is -0.150. The number of urea groups is 1. The van der Waals surface area contributed by atoms with E-state index >= 15 is 0 Å². The standard InChI is InChI=1S/C28H35F3N2O5/c1-2-37-25(26(34)35)19-21-11-13-22(14-12-21)38-18-17-33(16-15-20-7-3-4-8-20)27(36)32-24-10-6-5-9-23(24)28(29,30)31/h5-6,9-14,20,25H,2-4,7-8,15-19H2,1H3,(H,32,36)(H,34,35). The summed E-state index contributed by atoms with van der Waals surface area (Å²) in [5.41, 5.74) is -0.395. The van der Waals surface area contributed by atoms with E-state index in [0.29, 0.717) is 24.8 Å². The van der Waals surface area contributed by atoms with Gasteiger partial charge in [-0.2, -0.15) is 13.2 Å². The van der Waals surface area contributed by atoms with Gasteiger partial charge in [0.1, 0.15) is 12.4 Å². The molecule has 7 nitrogen and oxygen atoms in total. The molecule has 10 heteroatoms. The highest BCUT2D eigenvalue weighted by Crippen LogP contribution is 2.34. The van der Waals surface area contributed by atoms with Crippen molar-refractivity contribution in [2.75, 3.05) is 31.6 Å². The van der Waals surface area contributed by atoms with Gasteiger partial charge in [-0.25, -0.2) is 9.59 Å². The summed E-state index contributed by atoms with van der Waals surface area (Å²) in [6, 6.07) is 11.3. The van der Waals surface area contributed by atoms with Gasteiger partial charge < -0.3 is 24.8 Å². The SMILES string of the molecule is CCOC(Cc1ccc(OCCN(CCC2CCCC2)C(=O)Nc2ccccc2C(F)(F)F)cc1)C(=O)O. The van der Waals surface area contributed by atoms with Crippen LogP contribution < -0.4 is 10.1 Å². The zero-order valence-electron chi connectivity index (χ0n) is 21.5. The average molecular weight is 537 g/mol. The first-order valence-corrected chi connectivity index (χ1v) is 13.0. The molecule has 1 unspecified atom stereocenters. The third-order valence-electron chi connectivity index (χ3n) is 6.66. The lowest BCUT2D eigenvalue weighted by Crippen LogP contribution is -2.39. The normalized spacial score (nSPS) is 14.7. The topological polar surface area (TPSA) is 88.1 Å². The van der Waals surface area contributed by atoms with Crippen LogP contribution in [0.4, 0.5) is 23.7 Å². The molecule has 208 valence electrons. The lowest BCUT2D eigenvalue weighted by atomic mass is 10.0. The van der Waals surface area contributed by atoms with Crippen LogP contribution in [-0.4, -0.2) is 54.4 Å². The van der Waals surface area contributed by atoms with Gasteiger partial charge in [0.25, 0.3) is 0 Å². The minimum atomic E-state index is -4.58. The van der Waals surface area contributed by atoms with Gasteiger partial charge in [0, 0.05) is 19.6 Å². The number of carboxylic acid groups (broad SMARTS) is 1. The first kappa shape index (κ1) is 29.3. The zero-order chi connectivity index (χ0) is 27.5. The lowest BCUT2D eigenvalue weighted by Gasteiger charge is -2.25. The number of hydrogen-bond donors (Lipinski definition) is 2. The van der Waals surface area contributed by atoms with Crippen molar-refractivity contribution in [2.24, 2.45) is 5.92 Å². The second-order valence-electron chi connectivity index (χ2n) is 9.38. The van der Waals surface area contributed by atoms with E-state index in [4.69, 9.17) is 9.47 Å². The van der Waals surface area contributed by atoms with Crippen LogP contribution in [0.1, 0.15) is 50.2 Å². The van der Waals surface area contributed by atoms with Crippen molar-refractivity contribution in [1.29, 1.82) is 0 Å². The molecule has 1 atom stereocenters. The fourth-order valence-corrected chi connectivity index (χ4v) is 4.61. The number of carbonyl (C=O) groups is 2. The molecule has 2 amide bonds. The number of benzene rings is 2. The van der Waals surface area contributed by atoms with Crippen molar-refractivity contribution in [1.82, 2.24) is 4.90 Å². The van der Waals surface area contributed by atoms with E-state index in [2.05, 4.69) is 5.32 Å². The van der Waals surface area contributed by atoms with E-state index in [1.807, 2.05) is 0 Å². The Morgan fingerprint density at radius 3 is 2.39 bits per heavy atom. The molecule has 1 saturated carbocycles. The average Bonchev–Trinajstić information content (AvgIpc) is 3.40. The number of alkyl halides is 3. The fourth-order valence-electron chi connectivity index (χ4n) is 4.61. The summed E-state index contributed by atoms with van der Waals surface area (Å²) in [5, 5.41) is 11.7. The molecule has 0 radical (unpaired) electrons. The summed E-state index contributed by atoms with van der Waals surface area (Å²) in [6.07, 6.45) is 0.00949. The summed E-state index contributed by atoms with van der Waals surface area (Å²) < 4.78 is 51.2. The van der Waals surface area contributed by atoms with Crippen LogP contribution in [0.3, 0.4) is 0 Å². The van der Waals surface area contributed by atoms with Crippen LogP contribution in [0, 0.1) is 5.92 Å². The van der Waals surface area contributed by atoms with Gasteiger partial charge in [0.15, 0.2) is 6.10 Å². The van der Waals surface area contributed by atoms with Crippen LogP contribution in [0.25, 0.3) is 0 Å². The molecule has 0 bridgehead atoms. The quantitative estimate of drug-likeness (QED) is 0.317. The number of carboxylic acids is 1. The summed E-state index contributed by atoms with van der Waals surface area (Å²) in [5.74, 6) is 0.0177. The third kappa shape index (κ3) is 8.93. The molecule has 0 saturated heterocycles. The fraction of sp³-hybridized carbons (Fsp3) is 0.500. The van der Waals surface area contributed by atoms with E-state index in [1.165, 1.54) is 23.1 Å². The molecule has 3 rings (SSSR count). The van der Waals surface area contributed by atoms with Crippen LogP contribution in [-0.2, 0) is 22.1 Å². The van der Waals surface area contributed by atoms with Crippen LogP contribution >= 0.6 is 0 Å². The highest BCUT2D eigenvalue weighted by Gasteiger charge is 2.34. The van der Waals surface area contributed by atoms with Crippen molar-refractivity contribution >= 4 is 17.7 Å². The maximum absolute atomic E-state index is 13.4. The van der Waals surface area contributed by atoms with E-state index in [0.717, 1.165) is 43.7 Å². The zero-order valence-corrected chi connectivity index (χ0v) is 21.5. The van der Waals surface area contributed by atoms with Gasteiger partial charge in [0.2, 0.25) is 0 Å². The second kappa shape index (κ2) is 14.0. The number of carbonyl (C=O) groups excluding carboxylic acids is 1. The maximum atomic E-state index is 13.4. The second-order valence-corrected chi connectivity index (χ2v) is 9.38. The number of aliphatic carboxylic acids is 1. The number of anilines is 1. The smallest absolute Gasteiger partial charge is 0.418 e. The number of nitrogens with zero attached hydrogens (tertiary/aromatic N) is 1. The molecule has 2 aromatic rings. The molecule has 1 aliphatic rings. The van der Waals surface area contributed by atoms with Crippen molar-refractivity contribution in [3.63, 3.8) is 0 Å².